The maximum atomic E-state index is 13.7. The van der Waals surface area contributed by atoms with Gasteiger partial charge in [0.05, 0.1) is 29.2 Å². The van der Waals surface area contributed by atoms with E-state index in [1.165, 1.54) is 7.11 Å². The summed E-state index contributed by atoms with van der Waals surface area (Å²) in [6.07, 6.45) is 0.530. The summed E-state index contributed by atoms with van der Waals surface area (Å²) in [6, 6.07) is 26.0. The molecule has 4 aromatic rings. The number of benzene rings is 4. The molecule has 2 fully saturated rings. The molecule has 4 unspecified atom stereocenters. The molecule has 268 valence electrons. The van der Waals surface area contributed by atoms with Crippen LogP contribution in [-0.4, -0.2) is 64.5 Å². The van der Waals surface area contributed by atoms with Crippen LogP contribution in [0.4, 0.5) is 15.3 Å². The Bertz CT molecular complexity index is 1980. The summed E-state index contributed by atoms with van der Waals surface area (Å²) < 4.78 is 17.4. The SMILES string of the molecule is COc1c(C(C=O)COc2ccc(CC3SC(=O)NC3=O)cc2)cccc1N1C(=O)SC(Cc2ccc(OCC(O)c3cccc(Cl)c3)cc2)C1=O. The Kier molecular flexibility index (Phi) is 11.9. The summed E-state index contributed by atoms with van der Waals surface area (Å²) in [5.74, 6) is -0.273. The van der Waals surface area contributed by atoms with Gasteiger partial charge in [0.1, 0.15) is 42.9 Å². The number of nitrogens with zero attached hydrogens (tertiary/aromatic N) is 1. The molecular formula is C38H33ClN2O9S2. The van der Waals surface area contributed by atoms with Gasteiger partial charge in [-0.1, -0.05) is 83.7 Å². The molecule has 0 aromatic heterocycles. The number of anilines is 1. The first-order valence-corrected chi connectivity index (χ1v) is 18.3. The Morgan fingerprint density at radius 3 is 2.08 bits per heavy atom. The second-order valence-corrected chi connectivity index (χ2v) is 14.7. The third-order valence-electron chi connectivity index (χ3n) is 8.48. The number of thioether (sulfide) groups is 2. The molecule has 2 aliphatic rings. The number of carbonyl (C=O) groups is 5. The van der Waals surface area contributed by atoms with Crippen molar-refractivity contribution in [2.24, 2.45) is 0 Å². The van der Waals surface area contributed by atoms with Crippen molar-refractivity contribution in [3.05, 3.63) is 118 Å². The number of imide groups is 2. The van der Waals surface area contributed by atoms with E-state index in [2.05, 4.69) is 5.32 Å². The van der Waals surface area contributed by atoms with Crippen LogP contribution in [0, 0.1) is 0 Å². The monoisotopic (exact) mass is 760 g/mol. The number of hydrogen-bond acceptors (Lipinski definition) is 11. The van der Waals surface area contributed by atoms with Gasteiger partial charge in [-0.2, -0.15) is 0 Å². The zero-order valence-electron chi connectivity index (χ0n) is 27.7. The predicted octanol–water partition coefficient (Wildman–Crippen LogP) is 6.53. The largest absolute Gasteiger partial charge is 0.494 e. The molecule has 2 aliphatic heterocycles. The fraction of sp³-hybridized carbons (Fsp3) is 0.237. The number of para-hydroxylation sites is 1. The van der Waals surface area contributed by atoms with E-state index in [1.807, 2.05) is 0 Å². The Morgan fingerprint density at radius 2 is 1.48 bits per heavy atom. The molecule has 14 heteroatoms. The first-order valence-electron chi connectivity index (χ1n) is 16.2. The molecule has 6 rings (SSSR count). The van der Waals surface area contributed by atoms with Crippen LogP contribution < -0.4 is 24.4 Å². The van der Waals surface area contributed by atoms with Crippen LogP contribution in [-0.2, 0) is 27.2 Å². The van der Waals surface area contributed by atoms with Gasteiger partial charge in [-0.05, 0) is 72.0 Å². The summed E-state index contributed by atoms with van der Waals surface area (Å²) in [6.45, 7) is -0.0192. The number of ether oxygens (including phenoxy) is 3. The molecule has 11 nitrogen and oxygen atoms in total. The summed E-state index contributed by atoms with van der Waals surface area (Å²) in [7, 11) is 1.41. The second kappa shape index (κ2) is 16.7. The van der Waals surface area contributed by atoms with Crippen molar-refractivity contribution >= 4 is 69.4 Å². The van der Waals surface area contributed by atoms with Crippen molar-refractivity contribution in [2.45, 2.75) is 35.4 Å². The molecule has 0 spiro atoms. The van der Waals surface area contributed by atoms with Crippen LogP contribution >= 0.6 is 35.1 Å². The normalized spacial score (nSPS) is 18.2. The molecule has 0 aliphatic carbocycles. The van der Waals surface area contributed by atoms with Crippen molar-refractivity contribution in [3.8, 4) is 17.2 Å². The van der Waals surface area contributed by atoms with Gasteiger partial charge < -0.3 is 24.1 Å². The van der Waals surface area contributed by atoms with E-state index in [0.29, 0.717) is 34.1 Å². The Hall–Kier alpha value is -4.82. The minimum absolute atomic E-state index is 0.0258. The highest BCUT2D eigenvalue weighted by Crippen LogP contribution is 2.42. The number of amides is 4. The van der Waals surface area contributed by atoms with Gasteiger partial charge in [0.25, 0.3) is 10.5 Å². The van der Waals surface area contributed by atoms with E-state index < -0.39 is 33.7 Å². The van der Waals surface area contributed by atoms with Gasteiger partial charge >= 0.3 is 0 Å². The number of methoxy groups -OCH3 is 1. The molecule has 0 radical (unpaired) electrons. The van der Waals surface area contributed by atoms with Crippen molar-refractivity contribution in [2.75, 3.05) is 25.2 Å². The second-order valence-electron chi connectivity index (χ2n) is 12.0. The molecule has 2 N–H and O–H groups in total. The minimum atomic E-state index is -0.862. The smallest absolute Gasteiger partial charge is 0.293 e. The number of nitrogens with one attached hydrogen (secondary N) is 1. The number of aliphatic hydroxyl groups excluding tert-OH is 1. The summed E-state index contributed by atoms with van der Waals surface area (Å²) in [4.78, 5) is 63.7. The quantitative estimate of drug-likeness (QED) is 0.128. The van der Waals surface area contributed by atoms with Crippen molar-refractivity contribution < 1.29 is 43.3 Å². The van der Waals surface area contributed by atoms with E-state index in [1.54, 1.807) is 91.0 Å². The van der Waals surface area contributed by atoms with Gasteiger partial charge in [-0.25, -0.2) is 4.90 Å². The third kappa shape index (κ3) is 8.61. The molecular weight excluding hydrogens is 728 g/mol. The van der Waals surface area contributed by atoms with Crippen molar-refractivity contribution in [1.82, 2.24) is 5.32 Å². The first kappa shape index (κ1) is 37.0. The number of halogens is 1. The lowest BCUT2D eigenvalue weighted by atomic mass is 9.99. The lowest BCUT2D eigenvalue weighted by Crippen LogP contribution is -2.32. The highest BCUT2D eigenvalue weighted by Gasteiger charge is 2.42. The van der Waals surface area contributed by atoms with Crippen molar-refractivity contribution in [1.29, 1.82) is 0 Å². The molecule has 52 heavy (non-hydrogen) atoms. The summed E-state index contributed by atoms with van der Waals surface area (Å²) in [5.41, 5.74) is 2.98. The molecule has 2 saturated heterocycles. The molecule has 0 bridgehead atoms. The number of rotatable bonds is 15. The maximum absolute atomic E-state index is 13.7. The number of hydrogen-bond donors (Lipinski definition) is 2. The highest BCUT2D eigenvalue weighted by atomic mass is 35.5. The zero-order chi connectivity index (χ0) is 36.8. The minimum Gasteiger partial charge on any atom is -0.494 e. The molecule has 2 heterocycles. The third-order valence-corrected chi connectivity index (χ3v) is 10.7. The number of aldehydes is 1. The average Bonchev–Trinajstić information content (AvgIpc) is 3.61. The predicted molar refractivity (Wildman–Crippen MR) is 199 cm³/mol. The average molecular weight is 761 g/mol. The highest BCUT2D eigenvalue weighted by molar-refractivity contribution is 8.16. The maximum Gasteiger partial charge on any atom is 0.293 e. The summed E-state index contributed by atoms with van der Waals surface area (Å²) >= 11 is 7.90. The van der Waals surface area contributed by atoms with E-state index in [9.17, 15) is 29.1 Å². The van der Waals surface area contributed by atoms with E-state index in [-0.39, 0.29) is 42.2 Å². The lowest BCUT2D eigenvalue weighted by molar-refractivity contribution is -0.119. The van der Waals surface area contributed by atoms with Gasteiger partial charge in [0, 0.05) is 10.6 Å². The molecule has 4 aromatic carbocycles. The molecule has 4 amide bonds. The molecule has 4 atom stereocenters. The Balaban J connectivity index is 1.07. The van der Waals surface area contributed by atoms with Crippen LogP contribution in [0.2, 0.25) is 5.02 Å². The summed E-state index contributed by atoms with van der Waals surface area (Å²) in [5, 5.41) is 11.3. The van der Waals surface area contributed by atoms with Crippen LogP contribution in [0.5, 0.6) is 17.2 Å². The van der Waals surface area contributed by atoms with Crippen molar-refractivity contribution in [3.63, 3.8) is 0 Å². The van der Waals surface area contributed by atoms with E-state index >= 15 is 0 Å². The Labute approximate surface area is 313 Å². The Morgan fingerprint density at radius 1 is 0.846 bits per heavy atom. The van der Waals surface area contributed by atoms with Crippen LogP contribution in [0.25, 0.3) is 0 Å². The number of aliphatic hydroxyl groups is 1. The fourth-order valence-corrected chi connectivity index (χ4v) is 7.89. The van der Waals surface area contributed by atoms with E-state index in [4.69, 9.17) is 25.8 Å². The lowest BCUT2D eigenvalue weighted by Gasteiger charge is -2.22. The van der Waals surface area contributed by atoms with Gasteiger partial charge in [-0.15, -0.1) is 0 Å². The van der Waals surface area contributed by atoms with Gasteiger partial charge in [-0.3, -0.25) is 24.5 Å². The fourth-order valence-electron chi connectivity index (χ4n) is 5.81. The zero-order valence-corrected chi connectivity index (χ0v) is 30.1. The van der Waals surface area contributed by atoms with E-state index in [0.717, 1.165) is 45.8 Å². The standard InChI is InChI=1S/C38H33ClN2O9S2/c1-48-34-29(25(19-42)20-49-27-12-8-22(9-13-27)16-32-35(44)40-37(46)51-32)6-3-7-30(34)41-36(45)33(52-38(41)47)17-23-10-14-28(15-11-23)50-21-31(43)24-4-2-5-26(39)18-24/h2-15,18-19,25,31-33,43H,16-17,20-21H2,1H3,(H,40,44,46). The first-order chi connectivity index (χ1) is 25.1. The van der Waals surface area contributed by atoms with Crippen LogP contribution in [0.1, 0.15) is 34.3 Å². The molecule has 0 saturated carbocycles. The van der Waals surface area contributed by atoms with Gasteiger partial charge in [0.15, 0.2) is 0 Å². The van der Waals surface area contributed by atoms with Gasteiger partial charge in [0.2, 0.25) is 11.8 Å². The topological polar surface area (TPSA) is 149 Å². The van der Waals surface area contributed by atoms with Crippen LogP contribution in [0.15, 0.2) is 91.0 Å². The number of carbonyl (C=O) groups excluding carboxylic acids is 5. The van der Waals surface area contributed by atoms with Crippen LogP contribution in [0.3, 0.4) is 0 Å².